The number of thiazole rings is 2. The van der Waals surface area contributed by atoms with Crippen molar-refractivity contribution >= 4 is 43.1 Å². The van der Waals surface area contributed by atoms with E-state index in [0.717, 1.165) is 42.7 Å². The third-order valence-electron chi connectivity index (χ3n) is 5.75. The summed E-state index contributed by atoms with van der Waals surface area (Å²) in [6.45, 7) is 0. The van der Waals surface area contributed by atoms with Gasteiger partial charge in [0.15, 0.2) is 0 Å². The second-order valence-corrected chi connectivity index (χ2v) is 9.47. The molecule has 0 bridgehead atoms. The Labute approximate surface area is 208 Å². The summed E-state index contributed by atoms with van der Waals surface area (Å²) in [6, 6.07) is 27.1. The summed E-state index contributed by atoms with van der Waals surface area (Å²) in [5.74, 6) is 1.40. The van der Waals surface area contributed by atoms with E-state index >= 15 is 0 Å². The Morgan fingerprint density at radius 1 is 0.571 bits per heavy atom. The molecule has 0 unspecified atom stereocenters. The summed E-state index contributed by atoms with van der Waals surface area (Å²) in [4.78, 5) is 8.96. The highest BCUT2D eigenvalue weighted by molar-refractivity contribution is 7.17. The molecular weight excluding hydrogens is 472 g/mol. The van der Waals surface area contributed by atoms with Gasteiger partial charge in [0.1, 0.15) is 11.5 Å². The topological polar surface area (TPSA) is 82.6 Å². The maximum absolute atomic E-state index is 9.22. The number of aromatic nitrogens is 2. The van der Waals surface area contributed by atoms with Crippen LogP contribution in [0.4, 0.5) is 0 Å². The van der Waals surface area contributed by atoms with Crippen molar-refractivity contribution in [3.05, 3.63) is 94.9 Å². The quantitative estimate of drug-likeness (QED) is 0.254. The molecule has 7 heteroatoms. The fourth-order valence-electron chi connectivity index (χ4n) is 4.08. The van der Waals surface area contributed by atoms with E-state index in [9.17, 15) is 10.5 Å². The molecule has 164 valence electrons. The zero-order chi connectivity index (χ0) is 23.8. The first kappa shape index (κ1) is 21.0. The molecule has 0 spiro atoms. The van der Waals surface area contributed by atoms with Crippen LogP contribution in [-0.2, 0) is 0 Å². The van der Waals surface area contributed by atoms with Crippen LogP contribution < -0.4 is 4.74 Å². The van der Waals surface area contributed by atoms with Crippen LogP contribution in [0.5, 0.6) is 11.5 Å². The van der Waals surface area contributed by atoms with Crippen molar-refractivity contribution in [2.24, 2.45) is 0 Å². The molecule has 0 N–H and O–H groups in total. The standard InChI is InChI=1S/C28H14N4OS2/c29-13-17-1-5-19(6-2-17)25-23(11-9-21-27(25)34-15-31-21)33-24-12-10-22-28(35-16-32-22)26(24)20-7-3-18(14-30)4-8-20/h1-12,15-16H. The SMILES string of the molecule is N#Cc1ccc(-c2c(Oc3ccc4ncsc4c3-c3ccc(C#N)cc3)ccc3ncsc23)cc1. The molecule has 0 atom stereocenters. The highest BCUT2D eigenvalue weighted by atomic mass is 32.1. The fourth-order valence-corrected chi connectivity index (χ4v) is 5.78. The number of ether oxygens (including phenoxy) is 1. The van der Waals surface area contributed by atoms with Crippen LogP contribution in [0.15, 0.2) is 83.8 Å². The monoisotopic (exact) mass is 486 g/mol. The molecule has 0 aliphatic heterocycles. The maximum atomic E-state index is 9.22. The van der Waals surface area contributed by atoms with Gasteiger partial charge in [-0.1, -0.05) is 24.3 Å². The molecule has 35 heavy (non-hydrogen) atoms. The van der Waals surface area contributed by atoms with Crippen molar-refractivity contribution in [2.75, 3.05) is 0 Å². The Morgan fingerprint density at radius 2 is 1.00 bits per heavy atom. The third-order valence-corrected chi connectivity index (χ3v) is 7.47. The van der Waals surface area contributed by atoms with E-state index in [1.807, 2.05) is 83.8 Å². The van der Waals surface area contributed by atoms with E-state index < -0.39 is 0 Å². The molecule has 0 saturated carbocycles. The lowest BCUT2D eigenvalue weighted by Crippen LogP contribution is -1.93. The van der Waals surface area contributed by atoms with Crippen molar-refractivity contribution in [1.82, 2.24) is 9.97 Å². The second kappa shape index (κ2) is 8.66. The number of nitrogens with zero attached hydrogens (tertiary/aromatic N) is 4. The summed E-state index contributed by atoms with van der Waals surface area (Å²) in [7, 11) is 0. The molecule has 4 aromatic carbocycles. The lowest BCUT2D eigenvalue weighted by molar-refractivity contribution is 0.488. The minimum absolute atomic E-state index is 0.603. The Morgan fingerprint density at radius 3 is 1.40 bits per heavy atom. The van der Waals surface area contributed by atoms with E-state index in [1.54, 1.807) is 22.7 Å². The lowest BCUT2D eigenvalue weighted by atomic mass is 10.0. The Hall–Kier alpha value is -4.56. The molecule has 0 aliphatic carbocycles. The van der Waals surface area contributed by atoms with Crippen LogP contribution in [-0.4, -0.2) is 9.97 Å². The predicted octanol–water partition coefficient (Wildman–Crippen LogP) is 7.78. The summed E-state index contributed by atoms with van der Waals surface area (Å²) < 4.78 is 8.68. The molecule has 0 radical (unpaired) electrons. The summed E-state index contributed by atoms with van der Waals surface area (Å²) in [5.41, 5.74) is 10.4. The van der Waals surface area contributed by atoms with Gasteiger partial charge in [-0.15, -0.1) is 22.7 Å². The number of benzene rings is 4. The number of hydrogen-bond donors (Lipinski definition) is 0. The number of rotatable bonds is 4. The van der Waals surface area contributed by atoms with Gasteiger partial charge in [0.05, 0.1) is 54.7 Å². The summed E-state index contributed by atoms with van der Waals surface area (Å²) in [6.07, 6.45) is 0. The molecule has 6 aromatic rings. The minimum Gasteiger partial charge on any atom is -0.456 e. The highest BCUT2D eigenvalue weighted by Crippen LogP contribution is 2.45. The van der Waals surface area contributed by atoms with Gasteiger partial charge in [0.2, 0.25) is 0 Å². The molecule has 5 nitrogen and oxygen atoms in total. The average molecular weight is 487 g/mol. The molecule has 0 saturated heterocycles. The van der Waals surface area contributed by atoms with Crippen LogP contribution in [0.3, 0.4) is 0 Å². The smallest absolute Gasteiger partial charge is 0.136 e. The van der Waals surface area contributed by atoms with Crippen LogP contribution >= 0.6 is 22.7 Å². The van der Waals surface area contributed by atoms with Crippen LogP contribution in [0.1, 0.15) is 11.1 Å². The third kappa shape index (κ3) is 3.70. The van der Waals surface area contributed by atoms with Gasteiger partial charge in [-0.2, -0.15) is 10.5 Å². The normalized spacial score (nSPS) is 10.8. The second-order valence-electron chi connectivity index (χ2n) is 7.76. The van der Waals surface area contributed by atoms with Gasteiger partial charge in [-0.05, 0) is 59.7 Å². The van der Waals surface area contributed by atoms with Crippen molar-refractivity contribution in [1.29, 1.82) is 10.5 Å². The number of fused-ring (bicyclic) bond motifs is 2. The predicted molar refractivity (Wildman–Crippen MR) is 140 cm³/mol. The van der Waals surface area contributed by atoms with E-state index in [2.05, 4.69) is 22.1 Å². The van der Waals surface area contributed by atoms with Gasteiger partial charge in [0, 0.05) is 11.1 Å². The molecule has 0 aliphatic rings. The molecule has 2 heterocycles. The van der Waals surface area contributed by atoms with E-state index in [0.29, 0.717) is 22.6 Å². The number of nitriles is 2. The van der Waals surface area contributed by atoms with Crippen LogP contribution in [0.25, 0.3) is 42.7 Å². The molecule has 0 fully saturated rings. The molecule has 6 rings (SSSR count). The minimum atomic E-state index is 0.603. The molecule has 2 aromatic heterocycles. The van der Waals surface area contributed by atoms with Crippen LogP contribution in [0.2, 0.25) is 0 Å². The van der Waals surface area contributed by atoms with E-state index in [4.69, 9.17) is 4.74 Å². The van der Waals surface area contributed by atoms with Gasteiger partial charge in [-0.25, -0.2) is 9.97 Å². The Kier molecular flexibility index (Phi) is 5.20. The van der Waals surface area contributed by atoms with E-state index in [1.165, 1.54) is 0 Å². The zero-order valence-electron chi connectivity index (χ0n) is 18.1. The Bertz CT molecular complexity index is 1650. The summed E-state index contributed by atoms with van der Waals surface area (Å²) >= 11 is 3.11. The van der Waals surface area contributed by atoms with Crippen molar-refractivity contribution in [3.8, 4) is 45.9 Å². The Balaban J connectivity index is 1.54. The summed E-state index contributed by atoms with van der Waals surface area (Å²) in [5, 5.41) is 18.4. The maximum Gasteiger partial charge on any atom is 0.136 e. The zero-order valence-corrected chi connectivity index (χ0v) is 19.7. The fraction of sp³-hybridized carbons (Fsp3) is 0. The van der Waals surface area contributed by atoms with E-state index in [-0.39, 0.29) is 0 Å². The largest absolute Gasteiger partial charge is 0.456 e. The molecular formula is C28H14N4OS2. The van der Waals surface area contributed by atoms with Crippen LogP contribution in [0, 0.1) is 22.7 Å². The van der Waals surface area contributed by atoms with Crippen molar-refractivity contribution in [2.45, 2.75) is 0 Å². The van der Waals surface area contributed by atoms with Gasteiger partial charge in [-0.3, -0.25) is 0 Å². The van der Waals surface area contributed by atoms with Crippen molar-refractivity contribution in [3.63, 3.8) is 0 Å². The first-order valence-electron chi connectivity index (χ1n) is 10.7. The van der Waals surface area contributed by atoms with Crippen molar-refractivity contribution < 1.29 is 4.74 Å². The first-order chi connectivity index (χ1) is 17.2. The first-order valence-corrected chi connectivity index (χ1v) is 12.4. The lowest BCUT2D eigenvalue weighted by Gasteiger charge is -2.16. The van der Waals surface area contributed by atoms with Gasteiger partial charge >= 0.3 is 0 Å². The average Bonchev–Trinajstić information content (AvgIpc) is 3.58. The highest BCUT2D eigenvalue weighted by Gasteiger charge is 2.18. The number of hydrogen-bond acceptors (Lipinski definition) is 7. The van der Waals surface area contributed by atoms with Gasteiger partial charge in [0.25, 0.3) is 0 Å². The van der Waals surface area contributed by atoms with Gasteiger partial charge < -0.3 is 4.74 Å². The molecule has 0 amide bonds.